The third kappa shape index (κ3) is 4.12. The van der Waals surface area contributed by atoms with E-state index in [1.165, 1.54) is 45.2 Å². The molecule has 0 aromatic rings. The van der Waals surface area contributed by atoms with Gasteiger partial charge >= 0.3 is 0 Å². The fraction of sp³-hybridized carbons (Fsp3) is 1.00. The van der Waals surface area contributed by atoms with Gasteiger partial charge in [-0.3, -0.25) is 0 Å². The lowest BCUT2D eigenvalue weighted by Crippen LogP contribution is -2.37. The summed E-state index contributed by atoms with van der Waals surface area (Å²) in [5.41, 5.74) is 0.651. The summed E-state index contributed by atoms with van der Waals surface area (Å²) in [5.74, 6) is 0.862. The summed E-state index contributed by atoms with van der Waals surface area (Å²) in [6.45, 7) is 9.46. The number of hydrogen-bond donors (Lipinski definition) is 1. The van der Waals surface area contributed by atoms with Gasteiger partial charge in [0.2, 0.25) is 0 Å². The van der Waals surface area contributed by atoms with E-state index in [0.29, 0.717) is 5.41 Å². The first kappa shape index (κ1) is 11.0. The van der Waals surface area contributed by atoms with Crippen molar-refractivity contribution in [1.82, 2.24) is 5.32 Å². The maximum atomic E-state index is 3.58. The molecule has 0 saturated heterocycles. The first-order valence-corrected chi connectivity index (χ1v) is 5.83. The highest BCUT2D eigenvalue weighted by atomic mass is 14.9. The van der Waals surface area contributed by atoms with Gasteiger partial charge in [0, 0.05) is 6.54 Å². The number of rotatable bonds is 6. The Balaban J connectivity index is 1.89. The maximum Gasteiger partial charge on any atom is 0.000516 e. The van der Waals surface area contributed by atoms with Crippen LogP contribution in [0.25, 0.3) is 0 Å². The van der Waals surface area contributed by atoms with Gasteiger partial charge < -0.3 is 5.32 Å². The molecule has 1 saturated carbocycles. The van der Waals surface area contributed by atoms with Crippen molar-refractivity contribution in [3.63, 3.8) is 0 Å². The average molecular weight is 183 g/mol. The Kier molecular flexibility index (Phi) is 4.24. The van der Waals surface area contributed by atoms with Gasteiger partial charge in [-0.2, -0.15) is 0 Å². The zero-order valence-corrected chi connectivity index (χ0v) is 9.53. The molecule has 0 unspecified atom stereocenters. The molecule has 1 nitrogen and oxygen atoms in total. The zero-order valence-electron chi connectivity index (χ0n) is 9.53. The van der Waals surface area contributed by atoms with E-state index in [0.717, 1.165) is 5.92 Å². The minimum absolute atomic E-state index is 0.651. The largest absolute Gasteiger partial charge is 0.316 e. The van der Waals surface area contributed by atoms with E-state index >= 15 is 0 Å². The third-order valence-electron chi connectivity index (χ3n) is 3.25. The van der Waals surface area contributed by atoms with Gasteiger partial charge in [-0.25, -0.2) is 0 Å². The van der Waals surface area contributed by atoms with Gasteiger partial charge in [-0.15, -0.1) is 0 Å². The predicted molar refractivity (Wildman–Crippen MR) is 58.9 cm³/mol. The van der Waals surface area contributed by atoms with Crippen molar-refractivity contribution in [3.05, 3.63) is 0 Å². The summed E-state index contributed by atoms with van der Waals surface area (Å²) in [6.07, 6.45) is 7.02. The molecular formula is C12H25N. The van der Waals surface area contributed by atoms with Crippen LogP contribution in [0.15, 0.2) is 0 Å². The standard InChI is InChI=1S/C12H25N/c1-11(2)6-4-9-13-10-12(3)7-5-8-12/h11,13H,4-10H2,1-3H3. The van der Waals surface area contributed by atoms with Crippen molar-refractivity contribution in [3.8, 4) is 0 Å². The third-order valence-corrected chi connectivity index (χ3v) is 3.25. The van der Waals surface area contributed by atoms with Gasteiger partial charge in [0.15, 0.2) is 0 Å². The molecule has 0 amide bonds. The van der Waals surface area contributed by atoms with E-state index in [9.17, 15) is 0 Å². The zero-order chi connectivity index (χ0) is 9.73. The monoisotopic (exact) mass is 183 g/mol. The van der Waals surface area contributed by atoms with Crippen LogP contribution in [0.2, 0.25) is 0 Å². The van der Waals surface area contributed by atoms with Crippen LogP contribution >= 0.6 is 0 Å². The normalized spacial score (nSPS) is 20.3. The van der Waals surface area contributed by atoms with Crippen LogP contribution in [0.5, 0.6) is 0 Å². The summed E-state index contributed by atoms with van der Waals surface area (Å²) in [7, 11) is 0. The van der Waals surface area contributed by atoms with E-state index in [1.807, 2.05) is 0 Å². The van der Waals surface area contributed by atoms with Crippen LogP contribution in [0.4, 0.5) is 0 Å². The first-order valence-electron chi connectivity index (χ1n) is 5.83. The second-order valence-electron chi connectivity index (χ2n) is 5.38. The molecule has 13 heavy (non-hydrogen) atoms. The molecule has 0 aromatic heterocycles. The van der Waals surface area contributed by atoms with E-state index < -0.39 is 0 Å². The Morgan fingerprint density at radius 1 is 1.31 bits per heavy atom. The predicted octanol–water partition coefficient (Wildman–Crippen LogP) is 3.20. The summed E-state index contributed by atoms with van der Waals surface area (Å²) >= 11 is 0. The Morgan fingerprint density at radius 3 is 2.46 bits per heavy atom. The van der Waals surface area contributed by atoms with Crippen LogP contribution in [0, 0.1) is 11.3 Å². The van der Waals surface area contributed by atoms with Gasteiger partial charge in [-0.05, 0) is 43.6 Å². The lowest BCUT2D eigenvalue weighted by molar-refractivity contribution is 0.157. The highest BCUT2D eigenvalue weighted by molar-refractivity contribution is 4.84. The molecule has 1 fully saturated rings. The van der Waals surface area contributed by atoms with Crippen LogP contribution < -0.4 is 5.32 Å². The molecule has 1 aliphatic rings. The second-order valence-corrected chi connectivity index (χ2v) is 5.38. The number of hydrogen-bond acceptors (Lipinski definition) is 1. The molecule has 1 rings (SSSR count). The summed E-state index contributed by atoms with van der Waals surface area (Å²) < 4.78 is 0. The summed E-state index contributed by atoms with van der Waals surface area (Å²) in [5, 5.41) is 3.58. The number of nitrogens with one attached hydrogen (secondary N) is 1. The van der Waals surface area contributed by atoms with Gasteiger partial charge in [0.25, 0.3) is 0 Å². The van der Waals surface area contributed by atoms with Crippen LogP contribution in [0.3, 0.4) is 0 Å². The van der Waals surface area contributed by atoms with Crippen LogP contribution in [-0.2, 0) is 0 Å². The molecule has 0 radical (unpaired) electrons. The van der Waals surface area contributed by atoms with Crippen LogP contribution in [0.1, 0.15) is 52.9 Å². The average Bonchev–Trinajstić information content (AvgIpc) is 2.00. The molecule has 0 atom stereocenters. The SMILES string of the molecule is CC(C)CCCNCC1(C)CCC1. The Bertz CT molecular complexity index is 136. The molecule has 0 bridgehead atoms. The summed E-state index contributed by atoms with van der Waals surface area (Å²) in [4.78, 5) is 0. The smallest absolute Gasteiger partial charge is 0.000516 e. The topological polar surface area (TPSA) is 12.0 Å². The Labute approximate surface area is 83.3 Å². The molecule has 78 valence electrons. The first-order chi connectivity index (χ1) is 6.12. The maximum absolute atomic E-state index is 3.58. The molecule has 1 heteroatoms. The second kappa shape index (κ2) is 4.99. The molecule has 0 spiro atoms. The fourth-order valence-corrected chi connectivity index (χ4v) is 1.98. The van der Waals surface area contributed by atoms with Crippen molar-refractivity contribution >= 4 is 0 Å². The molecule has 1 aliphatic carbocycles. The van der Waals surface area contributed by atoms with Crippen LogP contribution in [-0.4, -0.2) is 13.1 Å². The fourth-order valence-electron chi connectivity index (χ4n) is 1.98. The highest BCUT2D eigenvalue weighted by Crippen LogP contribution is 2.39. The Hall–Kier alpha value is -0.0400. The van der Waals surface area contributed by atoms with E-state index in [1.54, 1.807) is 0 Å². The molecule has 0 aliphatic heterocycles. The minimum atomic E-state index is 0.651. The van der Waals surface area contributed by atoms with E-state index in [2.05, 4.69) is 26.1 Å². The molecule has 0 aromatic carbocycles. The molecular weight excluding hydrogens is 158 g/mol. The summed E-state index contributed by atoms with van der Waals surface area (Å²) in [6, 6.07) is 0. The van der Waals surface area contributed by atoms with E-state index in [-0.39, 0.29) is 0 Å². The lowest BCUT2D eigenvalue weighted by Gasteiger charge is -2.38. The van der Waals surface area contributed by atoms with Crippen molar-refractivity contribution in [2.24, 2.45) is 11.3 Å². The minimum Gasteiger partial charge on any atom is -0.316 e. The van der Waals surface area contributed by atoms with Crippen molar-refractivity contribution < 1.29 is 0 Å². The molecule has 0 heterocycles. The van der Waals surface area contributed by atoms with Crippen molar-refractivity contribution in [1.29, 1.82) is 0 Å². The highest BCUT2D eigenvalue weighted by Gasteiger charge is 2.30. The van der Waals surface area contributed by atoms with Crippen molar-refractivity contribution in [2.75, 3.05) is 13.1 Å². The Morgan fingerprint density at radius 2 is 2.00 bits per heavy atom. The van der Waals surface area contributed by atoms with Gasteiger partial charge in [-0.1, -0.05) is 27.2 Å². The van der Waals surface area contributed by atoms with Crippen molar-refractivity contribution in [2.45, 2.75) is 52.9 Å². The van der Waals surface area contributed by atoms with Gasteiger partial charge in [0.1, 0.15) is 0 Å². The van der Waals surface area contributed by atoms with E-state index in [4.69, 9.17) is 0 Å². The molecule has 1 N–H and O–H groups in total. The van der Waals surface area contributed by atoms with Gasteiger partial charge in [0.05, 0.1) is 0 Å². The lowest BCUT2D eigenvalue weighted by atomic mass is 9.70. The quantitative estimate of drug-likeness (QED) is 0.624.